The Labute approximate surface area is 56.6 Å². The summed E-state index contributed by atoms with van der Waals surface area (Å²) in [5.74, 6) is 0. The van der Waals surface area contributed by atoms with Gasteiger partial charge in [-0.1, -0.05) is 0 Å². The van der Waals surface area contributed by atoms with Crippen LogP contribution in [0.4, 0.5) is 0 Å². The largest absolute Gasteiger partial charge is 0.369 e. The molecule has 0 aromatic heterocycles. The number of quaternary nitrogens is 1. The molecule has 0 fully saturated rings. The molecule has 5 nitrogen and oxygen atoms in total. The van der Waals surface area contributed by atoms with E-state index in [0.717, 1.165) is 0 Å². The van der Waals surface area contributed by atoms with Crippen molar-refractivity contribution >= 4 is 0 Å². The van der Waals surface area contributed by atoms with Crippen LogP contribution < -0.4 is 9.91 Å². The van der Waals surface area contributed by atoms with Crippen LogP contribution in [0.2, 0.25) is 0 Å². The average Bonchev–Trinajstić information content (AvgIpc) is 1.59. The zero-order chi connectivity index (χ0) is 6.62. The Morgan fingerprint density at radius 1 is 1.67 bits per heavy atom. The molecule has 0 aliphatic heterocycles. The van der Waals surface area contributed by atoms with Crippen molar-refractivity contribution in [1.29, 1.82) is 0 Å². The Balaban J connectivity index is 0. The summed E-state index contributed by atoms with van der Waals surface area (Å²) in [7, 11) is 0. The Kier molecular flexibility index (Phi) is 6.17. The van der Waals surface area contributed by atoms with Crippen LogP contribution in [0.3, 0.4) is 0 Å². The SMILES string of the molecule is C=CC[O][W](=[O])(=[O])[O-].[NH4+]. The van der Waals surface area contributed by atoms with Crippen molar-refractivity contribution in [3.8, 4) is 0 Å². The molecule has 0 unspecified atom stereocenters. The maximum absolute atomic E-state index is 9.69. The van der Waals surface area contributed by atoms with Gasteiger partial charge in [-0.05, 0) is 0 Å². The first kappa shape index (κ1) is 11.7. The van der Waals surface area contributed by atoms with Gasteiger partial charge >= 0.3 is 50.0 Å². The number of rotatable bonds is 3. The molecule has 0 heterocycles. The minimum Gasteiger partial charge on any atom is -0.369 e. The van der Waals surface area contributed by atoms with Gasteiger partial charge in [0.1, 0.15) is 0 Å². The minimum atomic E-state index is -5.61. The Morgan fingerprint density at radius 2 is 2.11 bits per heavy atom. The Morgan fingerprint density at radius 3 is 2.22 bits per heavy atom. The second-order valence-electron chi connectivity index (χ2n) is 0.981. The van der Waals surface area contributed by atoms with Crippen LogP contribution in [-0.4, -0.2) is 6.61 Å². The van der Waals surface area contributed by atoms with Crippen LogP contribution in [0.25, 0.3) is 0 Å². The van der Waals surface area contributed by atoms with E-state index in [9.17, 15) is 10.6 Å². The molecule has 6 heteroatoms. The topological polar surface area (TPSA) is 103 Å². The predicted molar refractivity (Wildman–Crippen MR) is 23.5 cm³/mol. The monoisotopic (exact) mass is 307 g/mol. The van der Waals surface area contributed by atoms with Crippen molar-refractivity contribution in [1.82, 2.24) is 6.15 Å². The van der Waals surface area contributed by atoms with Gasteiger partial charge < -0.3 is 6.15 Å². The third-order valence-corrected chi connectivity index (χ3v) is 1.86. The first-order chi connectivity index (χ1) is 3.56. The second-order valence-corrected chi connectivity index (χ2v) is 4.76. The summed E-state index contributed by atoms with van der Waals surface area (Å²) in [4.78, 5) is 0. The van der Waals surface area contributed by atoms with Crippen molar-refractivity contribution in [2.75, 3.05) is 6.61 Å². The van der Waals surface area contributed by atoms with E-state index in [1.54, 1.807) is 0 Å². The van der Waals surface area contributed by atoms with Gasteiger partial charge in [0.25, 0.3) is 0 Å². The van der Waals surface area contributed by atoms with Crippen LogP contribution >= 0.6 is 0 Å². The van der Waals surface area contributed by atoms with Gasteiger partial charge in [0.15, 0.2) is 0 Å². The van der Waals surface area contributed by atoms with E-state index in [4.69, 9.17) is 0 Å². The molecule has 4 N–H and O–H groups in total. The van der Waals surface area contributed by atoms with E-state index in [2.05, 4.69) is 9.97 Å². The zero-order valence-electron chi connectivity index (χ0n) is 5.03. The standard InChI is InChI=1S/C3H5O.H3N.3O.W/c1-2-3-4;;;;;/h2H,1,3H2;1H3;;;;/q-1;;;;-1;+1/p+1. The summed E-state index contributed by atoms with van der Waals surface area (Å²) < 4.78 is 32.9. The summed E-state index contributed by atoms with van der Waals surface area (Å²) >= 11 is -5.61. The van der Waals surface area contributed by atoms with Crippen molar-refractivity contribution in [2.45, 2.75) is 0 Å². The average molecular weight is 307 g/mol. The minimum absolute atomic E-state index is 0. The second kappa shape index (κ2) is 4.76. The molecular weight excluding hydrogens is 298 g/mol. The predicted octanol–water partition coefficient (Wildman–Crippen LogP) is -0.400. The Hall–Kier alpha value is -0.0917. The van der Waals surface area contributed by atoms with E-state index in [1.807, 2.05) is 0 Å². The molecule has 0 aromatic carbocycles. The van der Waals surface area contributed by atoms with E-state index < -0.39 is 16.7 Å². The Bertz CT molecular complexity index is 161. The first-order valence-corrected chi connectivity index (χ1v) is 6.56. The van der Waals surface area contributed by atoms with E-state index in [1.165, 1.54) is 6.08 Å². The molecule has 0 saturated carbocycles. The number of hydrogen-bond acceptors (Lipinski definition) is 4. The number of hydrogen-bond donors (Lipinski definition) is 1. The van der Waals surface area contributed by atoms with Gasteiger partial charge in [0, 0.05) is 0 Å². The molecule has 0 atom stereocenters. The third kappa shape index (κ3) is 11.5. The van der Waals surface area contributed by atoms with E-state index in [-0.39, 0.29) is 12.8 Å². The van der Waals surface area contributed by atoms with Crippen molar-refractivity contribution < 1.29 is 30.7 Å². The van der Waals surface area contributed by atoms with Gasteiger partial charge in [-0.15, -0.1) is 0 Å². The van der Waals surface area contributed by atoms with E-state index in [0.29, 0.717) is 0 Å². The van der Waals surface area contributed by atoms with Crippen LogP contribution in [-0.2, 0) is 26.9 Å². The molecule has 0 aliphatic rings. The van der Waals surface area contributed by atoms with Crippen LogP contribution in [0.5, 0.6) is 0 Å². The van der Waals surface area contributed by atoms with Crippen LogP contribution in [0.1, 0.15) is 0 Å². The van der Waals surface area contributed by atoms with Crippen molar-refractivity contribution in [3.05, 3.63) is 12.7 Å². The van der Waals surface area contributed by atoms with Crippen LogP contribution in [0, 0.1) is 0 Å². The molecule has 56 valence electrons. The third-order valence-electron chi connectivity index (χ3n) is 0.330. The molecule has 0 radical (unpaired) electrons. The fourth-order valence-corrected chi connectivity index (χ4v) is 1.08. The quantitative estimate of drug-likeness (QED) is 0.716. The molecule has 0 spiro atoms. The fourth-order valence-electron chi connectivity index (χ4n) is 0.131. The van der Waals surface area contributed by atoms with Gasteiger partial charge in [0.2, 0.25) is 0 Å². The fraction of sp³-hybridized carbons (Fsp3) is 0.333. The van der Waals surface area contributed by atoms with E-state index >= 15 is 0 Å². The molecule has 0 saturated heterocycles. The molecular formula is C3H9NO4W. The summed E-state index contributed by atoms with van der Waals surface area (Å²) in [6, 6.07) is 0. The molecule has 0 aromatic rings. The zero-order valence-corrected chi connectivity index (χ0v) is 7.97. The van der Waals surface area contributed by atoms with Gasteiger partial charge in [-0.3, -0.25) is 0 Å². The normalized spacial score (nSPS) is 9.89. The maximum atomic E-state index is 9.69. The molecule has 0 bridgehead atoms. The smallest absolute Gasteiger partial charge is 0.369 e. The maximum Gasteiger partial charge on any atom is -0.369 e. The van der Waals surface area contributed by atoms with Gasteiger partial charge in [-0.2, -0.15) is 0 Å². The summed E-state index contributed by atoms with van der Waals surface area (Å²) in [5.41, 5.74) is 0. The van der Waals surface area contributed by atoms with Crippen molar-refractivity contribution in [3.63, 3.8) is 0 Å². The molecule has 0 aliphatic carbocycles. The molecule has 9 heavy (non-hydrogen) atoms. The first-order valence-electron chi connectivity index (χ1n) is 1.77. The van der Waals surface area contributed by atoms with Gasteiger partial charge in [-0.25, -0.2) is 0 Å². The molecule has 0 rings (SSSR count). The summed E-state index contributed by atoms with van der Waals surface area (Å²) in [5, 5.41) is 0. The summed E-state index contributed by atoms with van der Waals surface area (Å²) in [6.07, 6.45) is 1.21. The summed E-state index contributed by atoms with van der Waals surface area (Å²) in [6.45, 7) is 2.95. The van der Waals surface area contributed by atoms with Crippen molar-refractivity contribution in [2.24, 2.45) is 0 Å². The van der Waals surface area contributed by atoms with Gasteiger partial charge in [0.05, 0.1) is 0 Å². The molecule has 0 amide bonds. The van der Waals surface area contributed by atoms with Crippen LogP contribution in [0.15, 0.2) is 12.7 Å².